The average Bonchev–Trinajstić information content (AvgIpc) is 2.54. The number of nitrogens with zero attached hydrogens (tertiary/aromatic N) is 1. The fourth-order valence-corrected chi connectivity index (χ4v) is 2.68. The lowest BCUT2D eigenvalue weighted by molar-refractivity contribution is -0.152. The maximum Gasteiger partial charge on any atom is 0.347 e. The van der Waals surface area contributed by atoms with E-state index in [1.54, 1.807) is 18.3 Å². The van der Waals surface area contributed by atoms with Gasteiger partial charge >= 0.3 is 5.97 Å². The number of halogens is 1. The van der Waals surface area contributed by atoms with Gasteiger partial charge in [-0.1, -0.05) is 29.8 Å². The average molecular weight is 342 g/mol. The number of fused-ring (bicyclic) bond motifs is 1. The van der Waals surface area contributed by atoms with Crippen molar-refractivity contribution in [1.29, 1.82) is 0 Å². The van der Waals surface area contributed by atoms with Gasteiger partial charge < -0.3 is 9.84 Å². The van der Waals surface area contributed by atoms with E-state index in [2.05, 4.69) is 4.98 Å². The van der Waals surface area contributed by atoms with Gasteiger partial charge in [-0.2, -0.15) is 0 Å². The molecule has 0 aliphatic heterocycles. The highest BCUT2D eigenvalue weighted by Gasteiger charge is 2.29. The minimum absolute atomic E-state index is 0.457. The number of benzene rings is 2. The smallest absolute Gasteiger partial charge is 0.347 e. The van der Waals surface area contributed by atoms with Gasteiger partial charge in [0.25, 0.3) is 0 Å². The summed E-state index contributed by atoms with van der Waals surface area (Å²) >= 11 is 6.30. The highest BCUT2D eigenvalue weighted by molar-refractivity contribution is 6.33. The molecule has 2 aromatic carbocycles. The van der Waals surface area contributed by atoms with Crippen LogP contribution in [0.1, 0.15) is 13.8 Å². The van der Waals surface area contributed by atoms with Crippen LogP contribution in [0.25, 0.3) is 22.0 Å². The number of rotatable bonds is 4. The molecule has 0 atom stereocenters. The van der Waals surface area contributed by atoms with Crippen LogP contribution in [-0.2, 0) is 4.79 Å². The van der Waals surface area contributed by atoms with Crippen molar-refractivity contribution >= 4 is 28.5 Å². The lowest BCUT2D eigenvalue weighted by Crippen LogP contribution is -2.37. The summed E-state index contributed by atoms with van der Waals surface area (Å²) in [5, 5.41) is 10.8. The van der Waals surface area contributed by atoms with Crippen molar-refractivity contribution in [2.24, 2.45) is 0 Å². The van der Waals surface area contributed by atoms with E-state index in [-0.39, 0.29) is 0 Å². The van der Waals surface area contributed by atoms with Gasteiger partial charge in [-0.25, -0.2) is 4.79 Å². The van der Waals surface area contributed by atoms with Gasteiger partial charge in [0.15, 0.2) is 5.60 Å². The van der Waals surface area contributed by atoms with Crippen molar-refractivity contribution in [2.45, 2.75) is 19.4 Å². The number of carbonyl (C=O) groups is 1. The molecular weight excluding hydrogens is 326 g/mol. The number of aromatic nitrogens is 1. The zero-order valence-corrected chi connectivity index (χ0v) is 14.0. The zero-order chi connectivity index (χ0) is 17.3. The van der Waals surface area contributed by atoms with Crippen molar-refractivity contribution < 1.29 is 14.6 Å². The molecule has 4 nitrogen and oxygen atoms in total. The number of hydrogen-bond donors (Lipinski definition) is 1. The molecule has 0 bridgehead atoms. The summed E-state index contributed by atoms with van der Waals surface area (Å²) in [4.78, 5) is 15.6. The maximum absolute atomic E-state index is 11.2. The molecule has 3 rings (SSSR count). The summed E-state index contributed by atoms with van der Waals surface area (Å²) in [6, 6.07) is 14.9. The van der Waals surface area contributed by atoms with Gasteiger partial charge in [-0.3, -0.25) is 4.98 Å². The van der Waals surface area contributed by atoms with Crippen LogP contribution in [0.15, 0.2) is 54.7 Å². The van der Waals surface area contributed by atoms with E-state index in [4.69, 9.17) is 16.3 Å². The second-order valence-corrected chi connectivity index (χ2v) is 6.34. The van der Waals surface area contributed by atoms with E-state index in [0.717, 1.165) is 16.5 Å². The molecule has 0 aliphatic rings. The molecule has 1 aromatic heterocycles. The summed E-state index contributed by atoms with van der Waals surface area (Å²) in [7, 11) is 0. The first-order valence-electron chi connectivity index (χ1n) is 7.44. The van der Waals surface area contributed by atoms with Crippen LogP contribution in [0.2, 0.25) is 5.02 Å². The molecular formula is C19H16ClNO3. The maximum atomic E-state index is 11.2. The zero-order valence-electron chi connectivity index (χ0n) is 13.3. The van der Waals surface area contributed by atoms with E-state index in [1.807, 2.05) is 36.4 Å². The summed E-state index contributed by atoms with van der Waals surface area (Å²) in [5.74, 6) is -0.570. The van der Waals surface area contributed by atoms with Crippen molar-refractivity contribution in [1.82, 2.24) is 4.98 Å². The van der Waals surface area contributed by atoms with Gasteiger partial charge in [0.05, 0.1) is 5.52 Å². The van der Waals surface area contributed by atoms with Crippen molar-refractivity contribution in [3.8, 4) is 16.9 Å². The monoisotopic (exact) mass is 341 g/mol. The van der Waals surface area contributed by atoms with Crippen LogP contribution >= 0.6 is 11.6 Å². The molecule has 122 valence electrons. The summed E-state index contributed by atoms with van der Waals surface area (Å²) in [5.41, 5.74) is 1.29. The molecule has 0 saturated carbocycles. The van der Waals surface area contributed by atoms with E-state index in [1.165, 1.54) is 13.8 Å². The Kier molecular flexibility index (Phi) is 4.16. The highest BCUT2D eigenvalue weighted by Crippen LogP contribution is 2.34. The molecule has 1 N–H and O–H groups in total. The molecule has 5 heteroatoms. The second kappa shape index (κ2) is 6.13. The largest absolute Gasteiger partial charge is 0.478 e. The topological polar surface area (TPSA) is 59.4 Å². The molecule has 0 spiro atoms. The number of carboxylic acid groups (broad SMARTS) is 1. The Morgan fingerprint density at radius 3 is 2.58 bits per heavy atom. The number of carboxylic acids is 1. The first-order valence-corrected chi connectivity index (χ1v) is 7.82. The number of hydrogen-bond acceptors (Lipinski definition) is 3. The third-order valence-electron chi connectivity index (χ3n) is 3.77. The van der Waals surface area contributed by atoms with E-state index in [9.17, 15) is 9.90 Å². The summed E-state index contributed by atoms with van der Waals surface area (Å²) in [6.07, 6.45) is 1.70. The SMILES string of the molecule is CC(C)(Oc1ccc2c(-c3ccccc3Cl)ccnc2c1)C(=O)O. The van der Waals surface area contributed by atoms with Gasteiger partial charge in [0, 0.05) is 28.2 Å². The van der Waals surface area contributed by atoms with Crippen molar-refractivity contribution in [3.63, 3.8) is 0 Å². The third kappa shape index (κ3) is 3.05. The Hall–Kier alpha value is -2.59. The van der Waals surface area contributed by atoms with Gasteiger partial charge in [-0.15, -0.1) is 0 Å². The first kappa shape index (κ1) is 16.3. The van der Waals surface area contributed by atoms with E-state index < -0.39 is 11.6 Å². The Morgan fingerprint density at radius 2 is 1.88 bits per heavy atom. The standard InChI is InChI=1S/C19H16ClNO3/c1-19(2,18(22)23)24-12-7-8-15-13(9-10-21-17(15)11-12)14-5-3-4-6-16(14)20/h3-11H,1-2H3,(H,22,23). The minimum Gasteiger partial charge on any atom is -0.478 e. The van der Waals surface area contributed by atoms with Gasteiger partial charge in [0.2, 0.25) is 0 Å². The summed E-state index contributed by atoms with van der Waals surface area (Å²) < 4.78 is 5.58. The quantitative estimate of drug-likeness (QED) is 0.740. The van der Waals surface area contributed by atoms with E-state index >= 15 is 0 Å². The molecule has 0 saturated heterocycles. The van der Waals surface area contributed by atoms with Crippen molar-refractivity contribution in [3.05, 3.63) is 59.8 Å². The normalized spacial score (nSPS) is 11.5. The molecule has 0 unspecified atom stereocenters. The predicted molar refractivity (Wildman–Crippen MR) is 94.5 cm³/mol. The number of aliphatic carboxylic acids is 1. The summed E-state index contributed by atoms with van der Waals surface area (Å²) in [6.45, 7) is 3.01. The second-order valence-electron chi connectivity index (χ2n) is 5.93. The Bertz CT molecular complexity index is 921. The minimum atomic E-state index is -1.31. The molecule has 1 heterocycles. The third-order valence-corrected chi connectivity index (χ3v) is 4.10. The molecule has 0 aliphatic carbocycles. The van der Waals surface area contributed by atoms with E-state index in [0.29, 0.717) is 16.3 Å². The fourth-order valence-electron chi connectivity index (χ4n) is 2.44. The Labute approximate surface area is 144 Å². The van der Waals surface area contributed by atoms with Crippen LogP contribution < -0.4 is 4.74 Å². The molecule has 0 radical (unpaired) electrons. The Balaban J connectivity index is 2.08. The molecule has 0 fully saturated rings. The van der Waals surface area contributed by atoms with Crippen molar-refractivity contribution in [2.75, 3.05) is 0 Å². The Morgan fingerprint density at radius 1 is 1.12 bits per heavy atom. The van der Waals surface area contributed by atoms with Crippen LogP contribution in [0, 0.1) is 0 Å². The van der Waals surface area contributed by atoms with Crippen LogP contribution in [-0.4, -0.2) is 21.7 Å². The van der Waals surface area contributed by atoms with Crippen LogP contribution in [0.4, 0.5) is 0 Å². The lowest BCUT2D eigenvalue weighted by Gasteiger charge is -2.21. The van der Waals surface area contributed by atoms with Gasteiger partial charge in [0.1, 0.15) is 5.75 Å². The number of pyridine rings is 1. The van der Waals surface area contributed by atoms with Gasteiger partial charge in [-0.05, 0) is 43.7 Å². The van der Waals surface area contributed by atoms with Crippen LogP contribution in [0.3, 0.4) is 0 Å². The highest BCUT2D eigenvalue weighted by atomic mass is 35.5. The number of ether oxygens (including phenoxy) is 1. The molecule has 0 amide bonds. The molecule has 24 heavy (non-hydrogen) atoms. The molecule has 3 aromatic rings. The fraction of sp³-hybridized carbons (Fsp3) is 0.158. The lowest BCUT2D eigenvalue weighted by atomic mass is 10.0. The first-order chi connectivity index (χ1) is 11.4. The predicted octanol–water partition coefficient (Wildman–Crippen LogP) is 4.80. The van der Waals surface area contributed by atoms with Crippen LogP contribution in [0.5, 0.6) is 5.75 Å².